The molecule has 0 spiro atoms. The summed E-state index contributed by atoms with van der Waals surface area (Å²) in [4.78, 5) is 1.04. The Morgan fingerprint density at radius 1 is 1.22 bits per heavy atom. The number of hydrogen-bond donors (Lipinski definition) is 1. The average molecular weight is 265 g/mol. The fraction of sp³-hybridized carbons (Fsp3) is 0.600. The number of rotatable bonds is 2. The molecule has 0 amide bonds. The van der Waals surface area contributed by atoms with Crippen LogP contribution >= 0.6 is 0 Å². The summed E-state index contributed by atoms with van der Waals surface area (Å²) >= 11 is 0. The van der Waals surface area contributed by atoms with Crippen LogP contribution in [0.5, 0.6) is 0 Å². The quantitative estimate of drug-likeness (QED) is 0.890. The molecule has 1 heterocycles. The van der Waals surface area contributed by atoms with Crippen LogP contribution in [0.1, 0.15) is 43.5 Å². The van der Waals surface area contributed by atoms with E-state index in [1.807, 2.05) is 0 Å². The van der Waals surface area contributed by atoms with Gasteiger partial charge in [0, 0.05) is 16.2 Å². The van der Waals surface area contributed by atoms with Gasteiger partial charge in [-0.25, -0.2) is 0 Å². The Labute approximate surface area is 113 Å². The Hall–Kier alpha value is -0.670. The second kappa shape index (κ2) is 5.14. The van der Waals surface area contributed by atoms with E-state index >= 15 is 0 Å². The third-order valence-corrected chi connectivity index (χ3v) is 6.10. The summed E-state index contributed by atoms with van der Waals surface area (Å²) in [6.45, 7) is 11.6. The highest BCUT2D eigenvalue weighted by Gasteiger charge is 2.36. The molecule has 0 aromatic heterocycles. The van der Waals surface area contributed by atoms with E-state index in [9.17, 15) is 4.21 Å². The average Bonchev–Trinajstić information content (AvgIpc) is 2.35. The van der Waals surface area contributed by atoms with Gasteiger partial charge in [0.2, 0.25) is 0 Å². The maximum atomic E-state index is 12.5. The summed E-state index contributed by atoms with van der Waals surface area (Å²) in [7, 11) is -0.873. The summed E-state index contributed by atoms with van der Waals surface area (Å²) in [6, 6.07) is 4.67. The summed E-state index contributed by atoms with van der Waals surface area (Å²) in [5.74, 6) is 0.403. The lowest BCUT2D eigenvalue weighted by Crippen LogP contribution is -2.39. The standard InChI is InChI=1S/C15H23NOS/c1-6-16-15-11(4)12(5)18(17)14-8-10(3)9(2)7-13(14)15/h7-8,11-12,15-16H,6H2,1-5H3. The molecule has 0 bridgehead atoms. The van der Waals surface area contributed by atoms with E-state index in [-0.39, 0.29) is 5.25 Å². The van der Waals surface area contributed by atoms with E-state index < -0.39 is 10.8 Å². The maximum Gasteiger partial charge on any atom is 0.0564 e. The first-order chi connectivity index (χ1) is 8.47. The number of benzene rings is 1. The van der Waals surface area contributed by atoms with Gasteiger partial charge in [-0.15, -0.1) is 0 Å². The van der Waals surface area contributed by atoms with Crippen LogP contribution < -0.4 is 5.32 Å². The van der Waals surface area contributed by atoms with Crippen molar-refractivity contribution in [2.24, 2.45) is 5.92 Å². The predicted molar refractivity (Wildman–Crippen MR) is 77.4 cm³/mol. The minimum absolute atomic E-state index is 0.212. The van der Waals surface area contributed by atoms with Crippen molar-refractivity contribution in [3.05, 3.63) is 28.8 Å². The molecule has 0 aliphatic carbocycles. The Kier molecular flexibility index (Phi) is 3.93. The van der Waals surface area contributed by atoms with Crippen LogP contribution in [0.2, 0.25) is 0 Å². The molecule has 0 saturated carbocycles. The van der Waals surface area contributed by atoms with E-state index in [4.69, 9.17) is 0 Å². The van der Waals surface area contributed by atoms with Gasteiger partial charge in [0.25, 0.3) is 0 Å². The molecule has 1 aromatic carbocycles. The first-order valence-electron chi connectivity index (χ1n) is 6.72. The molecule has 3 heteroatoms. The van der Waals surface area contributed by atoms with Crippen LogP contribution in [0.3, 0.4) is 0 Å². The minimum Gasteiger partial charge on any atom is -0.310 e. The molecule has 4 atom stereocenters. The van der Waals surface area contributed by atoms with Gasteiger partial charge in [-0.1, -0.05) is 26.8 Å². The van der Waals surface area contributed by atoms with Gasteiger partial charge in [0.1, 0.15) is 0 Å². The van der Waals surface area contributed by atoms with Crippen molar-refractivity contribution < 1.29 is 4.21 Å². The van der Waals surface area contributed by atoms with E-state index in [1.165, 1.54) is 16.7 Å². The zero-order chi connectivity index (χ0) is 13.4. The van der Waals surface area contributed by atoms with Gasteiger partial charge in [-0.3, -0.25) is 4.21 Å². The smallest absolute Gasteiger partial charge is 0.0564 e. The van der Waals surface area contributed by atoms with Crippen molar-refractivity contribution >= 4 is 10.8 Å². The molecule has 1 aromatic rings. The molecule has 4 unspecified atom stereocenters. The van der Waals surface area contributed by atoms with Gasteiger partial charge < -0.3 is 5.32 Å². The van der Waals surface area contributed by atoms with Crippen LogP contribution in [0.15, 0.2) is 17.0 Å². The van der Waals surface area contributed by atoms with E-state index in [0.29, 0.717) is 12.0 Å². The normalized spacial score (nSPS) is 31.2. The lowest BCUT2D eigenvalue weighted by atomic mass is 9.89. The zero-order valence-corrected chi connectivity index (χ0v) is 12.7. The van der Waals surface area contributed by atoms with Gasteiger partial charge in [0.15, 0.2) is 0 Å². The van der Waals surface area contributed by atoms with Gasteiger partial charge in [-0.05, 0) is 49.1 Å². The fourth-order valence-corrected chi connectivity index (χ4v) is 4.35. The Balaban J connectivity index is 2.58. The monoisotopic (exact) mass is 265 g/mol. The molecule has 18 heavy (non-hydrogen) atoms. The number of fused-ring (bicyclic) bond motifs is 1. The van der Waals surface area contributed by atoms with Gasteiger partial charge in [-0.2, -0.15) is 0 Å². The third-order valence-electron chi connectivity index (χ3n) is 4.21. The summed E-state index contributed by atoms with van der Waals surface area (Å²) in [6.07, 6.45) is 0. The fourth-order valence-electron chi connectivity index (χ4n) is 2.69. The van der Waals surface area contributed by atoms with Crippen molar-refractivity contribution in [3.8, 4) is 0 Å². The van der Waals surface area contributed by atoms with Crippen LogP contribution in [0, 0.1) is 19.8 Å². The van der Waals surface area contributed by atoms with Crippen LogP contribution in [-0.4, -0.2) is 16.0 Å². The highest BCUT2D eigenvalue weighted by molar-refractivity contribution is 7.85. The molecule has 0 fully saturated rings. The summed E-state index contributed by atoms with van der Waals surface area (Å²) in [5.41, 5.74) is 3.76. The van der Waals surface area contributed by atoms with E-state index in [2.05, 4.69) is 52.1 Å². The maximum absolute atomic E-state index is 12.5. The van der Waals surface area contributed by atoms with Gasteiger partial charge >= 0.3 is 0 Å². The number of aryl methyl sites for hydroxylation is 2. The molecule has 0 saturated heterocycles. The molecular weight excluding hydrogens is 242 g/mol. The van der Waals surface area contributed by atoms with Crippen molar-refractivity contribution in [2.45, 2.75) is 50.8 Å². The SMILES string of the molecule is CCNC1c2cc(C)c(C)cc2S(=O)C(C)C1C. The number of nitrogens with one attached hydrogen (secondary N) is 1. The zero-order valence-electron chi connectivity index (χ0n) is 11.9. The second-order valence-electron chi connectivity index (χ2n) is 5.37. The lowest BCUT2D eigenvalue weighted by molar-refractivity contribution is 0.373. The predicted octanol–water partition coefficient (Wildman–Crippen LogP) is 3.10. The van der Waals surface area contributed by atoms with Crippen LogP contribution in [0.25, 0.3) is 0 Å². The Bertz CT molecular complexity index is 484. The first kappa shape index (κ1) is 13.8. The largest absolute Gasteiger partial charge is 0.310 e. The van der Waals surface area contributed by atoms with Crippen molar-refractivity contribution in [3.63, 3.8) is 0 Å². The molecule has 2 rings (SSSR count). The van der Waals surface area contributed by atoms with Crippen molar-refractivity contribution in [1.29, 1.82) is 0 Å². The first-order valence-corrected chi connectivity index (χ1v) is 7.93. The molecule has 1 N–H and O–H groups in total. The van der Waals surface area contributed by atoms with Gasteiger partial charge in [0.05, 0.1) is 10.8 Å². The third kappa shape index (κ3) is 2.14. The molecule has 1 aliphatic heterocycles. The molecule has 0 radical (unpaired) electrons. The Morgan fingerprint density at radius 2 is 1.83 bits per heavy atom. The summed E-state index contributed by atoms with van der Waals surface area (Å²) < 4.78 is 12.5. The number of hydrogen-bond acceptors (Lipinski definition) is 2. The van der Waals surface area contributed by atoms with Crippen LogP contribution in [0.4, 0.5) is 0 Å². The molecular formula is C15H23NOS. The van der Waals surface area contributed by atoms with E-state index in [1.54, 1.807) is 0 Å². The lowest BCUT2D eigenvalue weighted by Gasteiger charge is -2.36. The van der Waals surface area contributed by atoms with Crippen molar-refractivity contribution in [2.75, 3.05) is 6.54 Å². The minimum atomic E-state index is -0.873. The molecule has 1 aliphatic rings. The Morgan fingerprint density at radius 3 is 2.44 bits per heavy atom. The second-order valence-corrected chi connectivity index (χ2v) is 7.15. The highest BCUT2D eigenvalue weighted by Crippen LogP contribution is 2.39. The van der Waals surface area contributed by atoms with Crippen LogP contribution in [-0.2, 0) is 10.8 Å². The van der Waals surface area contributed by atoms with Crippen molar-refractivity contribution in [1.82, 2.24) is 5.32 Å². The summed E-state index contributed by atoms with van der Waals surface area (Å²) in [5, 5.41) is 3.77. The highest BCUT2D eigenvalue weighted by atomic mass is 32.2. The van der Waals surface area contributed by atoms with E-state index in [0.717, 1.165) is 11.4 Å². The topological polar surface area (TPSA) is 29.1 Å². The molecule has 100 valence electrons. The molecule has 2 nitrogen and oxygen atoms in total.